The van der Waals surface area contributed by atoms with Crippen molar-refractivity contribution in [3.05, 3.63) is 29.8 Å². The molecule has 0 aliphatic heterocycles. The maximum Gasteiger partial charge on any atom is 0.251 e. The van der Waals surface area contributed by atoms with Crippen molar-refractivity contribution in [2.75, 3.05) is 25.7 Å². The van der Waals surface area contributed by atoms with Gasteiger partial charge in [0.25, 0.3) is 5.91 Å². The average molecular weight is 381 g/mol. The largest absolute Gasteiger partial charge is 0.497 e. The van der Waals surface area contributed by atoms with E-state index in [1.807, 2.05) is 20.1 Å². The number of hydrogen-bond donors (Lipinski definition) is 3. The van der Waals surface area contributed by atoms with Crippen LogP contribution in [0.5, 0.6) is 5.75 Å². The highest BCUT2D eigenvalue weighted by atomic mass is 32.2. The van der Waals surface area contributed by atoms with E-state index in [-0.39, 0.29) is 30.3 Å². The van der Waals surface area contributed by atoms with Crippen LogP contribution in [0.25, 0.3) is 0 Å². The summed E-state index contributed by atoms with van der Waals surface area (Å²) in [6, 6.07) is 5.93. The van der Waals surface area contributed by atoms with Gasteiger partial charge >= 0.3 is 0 Å². The van der Waals surface area contributed by atoms with Crippen LogP contribution in [-0.2, 0) is 9.59 Å². The topological polar surface area (TPSA) is 96.5 Å². The van der Waals surface area contributed by atoms with Crippen molar-refractivity contribution in [2.24, 2.45) is 0 Å². The number of benzene rings is 1. The molecule has 3 amide bonds. The lowest BCUT2D eigenvalue weighted by Crippen LogP contribution is -2.49. The van der Waals surface area contributed by atoms with Crippen molar-refractivity contribution in [1.29, 1.82) is 0 Å². The minimum atomic E-state index is -0.705. The second-order valence-corrected chi connectivity index (χ2v) is 6.96. The summed E-state index contributed by atoms with van der Waals surface area (Å²) in [4.78, 5) is 36.4. The van der Waals surface area contributed by atoms with E-state index < -0.39 is 6.04 Å². The first-order valence-corrected chi connectivity index (χ1v) is 9.77. The number of amides is 3. The molecule has 0 bridgehead atoms. The molecule has 1 aromatic rings. The van der Waals surface area contributed by atoms with Crippen molar-refractivity contribution in [3.8, 4) is 5.75 Å². The minimum Gasteiger partial charge on any atom is -0.497 e. The molecular weight excluding hydrogens is 354 g/mol. The summed E-state index contributed by atoms with van der Waals surface area (Å²) in [6.07, 6.45) is 2.40. The normalized spacial score (nSPS) is 11.6. The van der Waals surface area contributed by atoms with Gasteiger partial charge in [0.1, 0.15) is 11.8 Å². The Balaban J connectivity index is 2.67. The van der Waals surface area contributed by atoms with Crippen molar-refractivity contribution < 1.29 is 19.1 Å². The highest BCUT2D eigenvalue weighted by Crippen LogP contribution is 2.11. The van der Waals surface area contributed by atoms with Crippen LogP contribution < -0.4 is 20.7 Å². The van der Waals surface area contributed by atoms with Crippen LogP contribution in [-0.4, -0.2) is 55.5 Å². The first kappa shape index (κ1) is 21.8. The Bertz CT molecular complexity index is 605. The number of rotatable bonds is 10. The molecule has 1 aromatic carbocycles. The number of hydrogen-bond acceptors (Lipinski definition) is 5. The first-order chi connectivity index (χ1) is 12.4. The Morgan fingerprint density at radius 1 is 1.12 bits per heavy atom. The zero-order valence-electron chi connectivity index (χ0n) is 15.6. The molecule has 0 aromatic heterocycles. The molecule has 0 heterocycles. The number of carbonyl (C=O) groups is 3. The predicted octanol–water partition coefficient (Wildman–Crippen LogP) is 1.19. The Morgan fingerprint density at radius 2 is 1.77 bits per heavy atom. The zero-order valence-corrected chi connectivity index (χ0v) is 16.4. The first-order valence-electron chi connectivity index (χ1n) is 8.38. The molecule has 0 fully saturated rings. The van der Waals surface area contributed by atoms with Crippen LogP contribution in [0.2, 0.25) is 0 Å². The van der Waals surface area contributed by atoms with Crippen molar-refractivity contribution >= 4 is 29.5 Å². The Morgan fingerprint density at radius 3 is 2.31 bits per heavy atom. The molecule has 1 atom stereocenters. The summed E-state index contributed by atoms with van der Waals surface area (Å²) >= 11 is 1.58. The van der Waals surface area contributed by atoms with E-state index in [4.69, 9.17) is 4.74 Å². The Kier molecular flexibility index (Phi) is 9.57. The maximum atomic E-state index is 12.4. The highest BCUT2D eigenvalue weighted by molar-refractivity contribution is 7.98. The lowest BCUT2D eigenvalue weighted by atomic mass is 10.1. The number of carbonyl (C=O) groups excluding carboxylic acids is 3. The van der Waals surface area contributed by atoms with E-state index in [1.165, 1.54) is 0 Å². The molecule has 0 aliphatic rings. The van der Waals surface area contributed by atoms with Crippen LogP contribution in [0.3, 0.4) is 0 Å². The van der Waals surface area contributed by atoms with Crippen LogP contribution in [0.15, 0.2) is 24.3 Å². The van der Waals surface area contributed by atoms with Crippen LogP contribution >= 0.6 is 11.8 Å². The van der Waals surface area contributed by atoms with E-state index in [2.05, 4.69) is 16.0 Å². The van der Waals surface area contributed by atoms with Gasteiger partial charge in [0.05, 0.1) is 13.7 Å². The number of methoxy groups -OCH3 is 1. The van der Waals surface area contributed by atoms with E-state index in [0.717, 1.165) is 0 Å². The van der Waals surface area contributed by atoms with Gasteiger partial charge in [-0.25, -0.2) is 0 Å². The SMILES string of the molecule is COc1ccc(C(=O)N[C@@H](CCSC)C(=O)NCC(=O)NC(C)C)cc1. The molecule has 7 nitrogen and oxygen atoms in total. The quantitative estimate of drug-likeness (QED) is 0.566. The molecule has 1 rings (SSSR count). The van der Waals surface area contributed by atoms with Crippen molar-refractivity contribution in [3.63, 3.8) is 0 Å². The summed E-state index contributed by atoms with van der Waals surface area (Å²) in [5, 5.41) is 8.01. The fraction of sp³-hybridized carbons (Fsp3) is 0.500. The number of thioether (sulfide) groups is 1. The zero-order chi connectivity index (χ0) is 19.5. The van der Waals surface area contributed by atoms with Gasteiger partial charge in [-0.1, -0.05) is 0 Å². The molecule has 144 valence electrons. The van der Waals surface area contributed by atoms with Crippen molar-refractivity contribution in [2.45, 2.75) is 32.4 Å². The third kappa shape index (κ3) is 7.77. The van der Waals surface area contributed by atoms with Crippen LogP contribution in [0, 0.1) is 0 Å². The van der Waals surface area contributed by atoms with Gasteiger partial charge in [-0.3, -0.25) is 14.4 Å². The lowest BCUT2D eigenvalue weighted by molar-refractivity contribution is -0.127. The fourth-order valence-electron chi connectivity index (χ4n) is 2.15. The summed E-state index contributed by atoms with van der Waals surface area (Å²) < 4.78 is 5.07. The Labute approximate surface area is 158 Å². The predicted molar refractivity (Wildman–Crippen MR) is 104 cm³/mol. The van der Waals surface area contributed by atoms with E-state index in [9.17, 15) is 14.4 Å². The highest BCUT2D eigenvalue weighted by Gasteiger charge is 2.21. The molecule has 0 radical (unpaired) electrons. The monoisotopic (exact) mass is 381 g/mol. The summed E-state index contributed by atoms with van der Waals surface area (Å²) in [6.45, 7) is 3.57. The summed E-state index contributed by atoms with van der Waals surface area (Å²) in [7, 11) is 1.55. The van der Waals surface area contributed by atoms with Crippen LogP contribution in [0.4, 0.5) is 0 Å². The third-order valence-electron chi connectivity index (χ3n) is 3.46. The minimum absolute atomic E-state index is 0.00136. The van der Waals surface area contributed by atoms with E-state index in [1.54, 1.807) is 43.1 Å². The standard InChI is InChI=1S/C18H27N3O4S/c1-12(2)20-16(22)11-19-18(24)15(9-10-26-4)21-17(23)13-5-7-14(25-3)8-6-13/h5-8,12,15H,9-11H2,1-4H3,(H,19,24)(H,20,22)(H,21,23)/t15-/m0/s1. The maximum absolute atomic E-state index is 12.4. The lowest BCUT2D eigenvalue weighted by Gasteiger charge is -2.18. The second kappa shape index (κ2) is 11.4. The number of nitrogens with one attached hydrogen (secondary N) is 3. The Hall–Kier alpha value is -2.22. The summed E-state index contributed by atoms with van der Waals surface area (Å²) in [5.74, 6) is 0.368. The van der Waals surface area contributed by atoms with Crippen LogP contribution in [0.1, 0.15) is 30.6 Å². The molecule has 3 N–H and O–H groups in total. The summed E-state index contributed by atoms with van der Waals surface area (Å²) in [5.41, 5.74) is 0.435. The van der Waals surface area contributed by atoms with Gasteiger partial charge in [-0.05, 0) is 56.5 Å². The fourth-order valence-corrected chi connectivity index (χ4v) is 2.62. The molecule has 8 heteroatoms. The number of ether oxygens (including phenoxy) is 1. The van der Waals surface area contributed by atoms with Gasteiger partial charge in [-0.15, -0.1) is 0 Å². The molecular formula is C18H27N3O4S. The van der Waals surface area contributed by atoms with Gasteiger partial charge in [0.2, 0.25) is 11.8 Å². The van der Waals surface area contributed by atoms with Gasteiger partial charge in [0, 0.05) is 11.6 Å². The van der Waals surface area contributed by atoms with E-state index >= 15 is 0 Å². The van der Waals surface area contributed by atoms with Crippen molar-refractivity contribution in [1.82, 2.24) is 16.0 Å². The van der Waals surface area contributed by atoms with E-state index in [0.29, 0.717) is 23.5 Å². The second-order valence-electron chi connectivity index (χ2n) is 5.98. The molecule has 0 unspecified atom stereocenters. The molecule has 0 spiro atoms. The molecule has 0 aliphatic carbocycles. The van der Waals surface area contributed by atoms with Gasteiger partial charge in [0.15, 0.2) is 0 Å². The smallest absolute Gasteiger partial charge is 0.251 e. The molecule has 0 saturated heterocycles. The molecule has 26 heavy (non-hydrogen) atoms. The van der Waals surface area contributed by atoms with Gasteiger partial charge < -0.3 is 20.7 Å². The molecule has 0 saturated carbocycles. The van der Waals surface area contributed by atoms with Gasteiger partial charge in [-0.2, -0.15) is 11.8 Å². The average Bonchev–Trinajstić information content (AvgIpc) is 2.62. The third-order valence-corrected chi connectivity index (χ3v) is 4.10.